The monoisotopic (exact) mass is 390 g/mol. The number of carbonyl (C=O) groups is 2. The maximum atomic E-state index is 13.0. The van der Waals surface area contributed by atoms with Crippen LogP contribution in [0.25, 0.3) is 0 Å². The van der Waals surface area contributed by atoms with Crippen molar-refractivity contribution in [3.63, 3.8) is 0 Å². The molecule has 0 spiro atoms. The van der Waals surface area contributed by atoms with Crippen molar-refractivity contribution in [1.82, 2.24) is 0 Å². The van der Waals surface area contributed by atoms with Crippen molar-refractivity contribution in [1.29, 1.82) is 0 Å². The third-order valence-electron chi connectivity index (χ3n) is 8.45. The number of hydrogen-bond acceptors (Lipinski definition) is 8. The minimum Gasteiger partial charge on any atom is -0.472 e. The molecule has 0 radical (unpaired) electrons. The number of aliphatic hydroxyl groups is 2. The largest absolute Gasteiger partial charge is 0.472 e. The molecule has 9 unspecified atom stereocenters. The van der Waals surface area contributed by atoms with Crippen molar-refractivity contribution in [2.75, 3.05) is 0 Å². The summed E-state index contributed by atoms with van der Waals surface area (Å²) in [5.41, 5.74) is -4.63. The van der Waals surface area contributed by atoms with Gasteiger partial charge in [-0.2, -0.15) is 0 Å². The SMILES string of the molecule is CC12CC(c3ccoc3)OC(=O)C1(O)CCC1(C)C2C2OC(=O)C1(O)C1OC21. The molecule has 0 aromatic carbocycles. The molecule has 150 valence electrons. The predicted octanol–water partition coefficient (Wildman–Crippen LogP) is 0.859. The summed E-state index contributed by atoms with van der Waals surface area (Å²) in [5, 5.41) is 22.9. The van der Waals surface area contributed by atoms with E-state index in [1.165, 1.54) is 12.5 Å². The van der Waals surface area contributed by atoms with Crippen LogP contribution in [-0.2, 0) is 23.8 Å². The second kappa shape index (κ2) is 4.63. The molecular weight excluding hydrogens is 368 g/mol. The van der Waals surface area contributed by atoms with E-state index in [4.69, 9.17) is 18.6 Å². The summed E-state index contributed by atoms with van der Waals surface area (Å²) in [6.07, 6.45) is 1.60. The van der Waals surface area contributed by atoms with Gasteiger partial charge in [0.2, 0.25) is 0 Å². The van der Waals surface area contributed by atoms with E-state index in [1.54, 1.807) is 6.07 Å². The maximum absolute atomic E-state index is 13.0. The van der Waals surface area contributed by atoms with Gasteiger partial charge >= 0.3 is 11.9 Å². The molecule has 8 nitrogen and oxygen atoms in total. The summed E-state index contributed by atoms with van der Waals surface area (Å²) in [4.78, 5) is 25.6. The molecule has 5 heterocycles. The summed E-state index contributed by atoms with van der Waals surface area (Å²) in [7, 11) is 0. The lowest BCUT2D eigenvalue weighted by Crippen LogP contribution is -2.80. The summed E-state index contributed by atoms with van der Waals surface area (Å²) in [5.74, 6) is -1.79. The Morgan fingerprint density at radius 3 is 2.54 bits per heavy atom. The molecule has 0 amide bonds. The average Bonchev–Trinajstić information content (AvgIpc) is 3.28. The zero-order valence-corrected chi connectivity index (χ0v) is 15.6. The first-order chi connectivity index (χ1) is 13.2. The van der Waals surface area contributed by atoms with Crippen molar-refractivity contribution in [3.05, 3.63) is 24.2 Å². The Balaban J connectivity index is 1.51. The van der Waals surface area contributed by atoms with E-state index in [-0.39, 0.29) is 6.42 Å². The van der Waals surface area contributed by atoms with Crippen molar-refractivity contribution in [2.24, 2.45) is 16.7 Å². The van der Waals surface area contributed by atoms with Gasteiger partial charge in [0.1, 0.15) is 24.4 Å². The molecule has 9 atom stereocenters. The van der Waals surface area contributed by atoms with Crippen LogP contribution in [0.1, 0.15) is 44.8 Å². The number of hydrogen-bond donors (Lipinski definition) is 2. The van der Waals surface area contributed by atoms with Gasteiger partial charge in [-0.05, 0) is 25.3 Å². The molecule has 6 fully saturated rings. The van der Waals surface area contributed by atoms with Crippen LogP contribution in [0.5, 0.6) is 0 Å². The molecule has 7 rings (SSSR count). The van der Waals surface area contributed by atoms with Crippen molar-refractivity contribution < 1.29 is 38.4 Å². The molecular formula is C20H22O8. The highest BCUT2D eigenvalue weighted by molar-refractivity contribution is 5.87. The predicted molar refractivity (Wildman–Crippen MR) is 89.5 cm³/mol. The highest BCUT2D eigenvalue weighted by atomic mass is 16.7. The molecule has 8 heteroatoms. The number of fused-ring (bicyclic) bond motifs is 2. The zero-order valence-electron chi connectivity index (χ0n) is 15.6. The fourth-order valence-electron chi connectivity index (χ4n) is 6.85. The Morgan fingerprint density at radius 2 is 1.82 bits per heavy atom. The molecule has 6 aliphatic rings. The topological polar surface area (TPSA) is 119 Å². The number of esters is 2. The van der Waals surface area contributed by atoms with Gasteiger partial charge in [-0.25, -0.2) is 9.59 Å². The van der Waals surface area contributed by atoms with Gasteiger partial charge in [0.25, 0.3) is 0 Å². The van der Waals surface area contributed by atoms with E-state index in [0.29, 0.717) is 18.4 Å². The minimum absolute atomic E-state index is 0.104. The van der Waals surface area contributed by atoms with Crippen LogP contribution in [0, 0.1) is 16.7 Å². The Bertz CT molecular complexity index is 896. The second-order valence-electron chi connectivity index (χ2n) is 9.49. The third kappa shape index (κ3) is 1.55. The molecule has 4 saturated heterocycles. The number of cyclic esters (lactones) is 1. The Kier molecular flexibility index (Phi) is 2.81. The summed E-state index contributed by atoms with van der Waals surface area (Å²) in [6, 6.07) is 1.73. The van der Waals surface area contributed by atoms with Crippen LogP contribution in [-0.4, -0.2) is 51.7 Å². The van der Waals surface area contributed by atoms with Gasteiger partial charge in [0.05, 0.1) is 12.5 Å². The maximum Gasteiger partial charge on any atom is 0.341 e. The van der Waals surface area contributed by atoms with E-state index in [1.807, 2.05) is 13.8 Å². The van der Waals surface area contributed by atoms with E-state index in [9.17, 15) is 19.8 Å². The molecule has 2 aliphatic carbocycles. The smallest absolute Gasteiger partial charge is 0.341 e. The Morgan fingerprint density at radius 1 is 1.04 bits per heavy atom. The fourth-order valence-corrected chi connectivity index (χ4v) is 6.85. The van der Waals surface area contributed by atoms with Crippen LogP contribution < -0.4 is 0 Å². The summed E-state index contributed by atoms with van der Waals surface area (Å²) >= 11 is 0. The first kappa shape index (κ1) is 17.0. The molecule has 1 aromatic rings. The van der Waals surface area contributed by atoms with Gasteiger partial charge in [0.15, 0.2) is 11.2 Å². The van der Waals surface area contributed by atoms with E-state index in [2.05, 4.69) is 0 Å². The molecule has 2 N–H and O–H groups in total. The van der Waals surface area contributed by atoms with Crippen molar-refractivity contribution >= 4 is 11.9 Å². The standard InChI is InChI=1S/C20H22O8/c1-17-4-5-19(23)15(21)26-10(9-3-6-25-8-9)7-18(19,2)13(17)11-12-14(27-12)20(17,24)16(22)28-11/h3,6,8,10-14,23-24H,4-5,7H2,1-2H3. The molecule has 2 saturated carbocycles. The van der Waals surface area contributed by atoms with E-state index in [0.717, 1.165) is 0 Å². The van der Waals surface area contributed by atoms with Crippen LogP contribution in [0.2, 0.25) is 0 Å². The van der Waals surface area contributed by atoms with Crippen LogP contribution in [0.15, 0.2) is 23.0 Å². The third-order valence-corrected chi connectivity index (χ3v) is 8.45. The molecule has 2 bridgehead atoms. The first-order valence-corrected chi connectivity index (χ1v) is 9.71. The zero-order chi connectivity index (χ0) is 19.7. The fraction of sp³-hybridized carbons (Fsp3) is 0.700. The van der Waals surface area contributed by atoms with Crippen LogP contribution in [0.3, 0.4) is 0 Å². The number of epoxide rings is 1. The van der Waals surface area contributed by atoms with Gasteiger partial charge < -0.3 is 28.8 Å². The lowest BCUT2D eigenvalue weighted by Gasteiger charge is -2.68. The first-order valence-electron chi connectivity index (χ1n) is 9.71. The normalized spacial score (nSPS) is 56.2. The Hall–Kier alpha value is -1.90. The van der Waals surface area contributed by atoms with Crippen LogP contribution >= 0.6 is 0 Å². The second-order valence-corrected chi connectivity index (χ2v) is 9.49. The van der Waals surface area contributed by atoms with Gasteiger partial charge in [0, 0.05) is 22.3 Å². The highest BCUT2D eigenvalue weighted by Crippen LogP contribution is 2.73. The van der Waals surface area contributed by atoms with E-state index >= 15 is 0 Å². The van der Waals surface area contributed by atoms with Gasteiger partial charge in [-0.1, -0.05) is 13.8 Å². The highest BCUT2D eigenvalue weighted by Gasteiger charge is 2.86. The lowest BCUT2D eigenvalue weighted by atomic mass is 9.39. The van der Waals surface area contributed by atoms with Gasteiger partial charge in [-0.15, -0.1) is 0 Å². The van der Waals surface area contributed by atoms with E-state index < -0.39 is 64.3 Å². The van der Waals surface area contributed by atoms with Crippen molar-refractivity contribution in [3.8, 4) is 0 Å². The molecule has 4 aliphatic heterocycles. The average molecular weight is 390 g/mol. The van der Waals surface area contributed by atoms with Gasteiger partial charge in [-0.3, -0.25) is 0 Å². The number of rotatable bonds is 1. The number of carbonyl (C=O) groups excluding carboxylic acids is 2. The molecule has 1 aromatic heterocycles. The number of ether oxygens (including phenoxy) is 3. The lowest BCUT2D eigenvalue weighted by molar-refractivity contribution is -0.309. The van der Waals surface area contributed by atoms with Crippen molar-refractivity contribution in [2.45, 2.75) is 68.7 Å². The number of furan rings is 1. The minimum atomic E-state index is -1.77. The summed E-state index contributed by atoms with van der Waals surface area (Å²) < 4.78 is 22.0. The molecule has 28 heavy (non-hydrogen) atoms. The van der Waals surface area contributed by atoms with Crippen LogP contribution in [0.4, 0.5) is 0 Å². The quantitative estimate of drug-likeness (QED) is 0.535. The summed E-state index contributed by atoms with van der Waals surface area (Å²) in [6.45, 7) is 3.71. The Labute approximate surface area is 160 Å².